The predicted molar refractivity (Wildman–Crippen MR) is 72.7 cm³/mol. The molecule has 18 heavy (non-hydrogen) atoms. The van der Waals surface area contributed by atoms with Gasteiger partial charge in [-0.05, 0) is 24.4 Å². The van der Waals surface area contributed by atoms with Crippen LogP contribution in [0.3, 0.4) is 0 Å². The molecule has 0 bridgehead atoms. The molecule has 0 unspecified atom stereocenters. The minimum absolute atomic E-state index is 0.169. The second-order valence-electron chi connectivity index (χ2n) is 4.29. The Kier molecular flexibility index (Phi) is 4.59. The quantitative estimate of drug-likeness (QED) is 0.818. The molecule has 1 saturated carbocycles. The fraction of sp³-hybridized carbons (Fsp3) is 0.583. The average Bonchev–Trinajstić information content (AvgIpc) is 2.37. The molecule has 0 aromatic carbocycles. The highest BCUT2D eigenvalue weighted by atomic mass is 35.5. The van der Waals surface area contributed by atoms with E-state index in [1.165, 1.54) is 19.3 Å². The van der Waals surface area contributed by atoms with E-state index in [1.807, 2.05) is 0 Å². The number of nitrogens with zero attached hydrogens (tertiary/aromatic N) is 3. The van der Waals surface area contributed by atoms with Crippen molar-refractivity contribution < 1.29 is 0 Å². The van der Waals surface area contributed by atoms with Gasteiger partial charge in [-0.15, -0.1) is 6.42 Å². The summed E-state index contributed by atoms with van der Waals surface area (Å²) in [5, 5.41) is 6.36. The number of anilines is 2. The number of aromatic nitrogens is 3. The van der Waals surface area contributed by atoms with E-state index in [0.29, 0.717) is 24.5 Å². The number of hydrogen-bond acceptors (Lipinski definition) is 5. The van der Waals surface area contributed by atoms with Gasteiger partial charge >= 0.3 is 0 Å². The highest BCUT2D eigenvalue weighted by Gasteiger charge is 2.15. The summed E-state index contributed by atoms with van der Waals surface area (Å²) in [6.07, 6.45) is 11.3. The molecule has 0 aliphatic heterocycles. The monoisotopic (exact) mass is 265 g/mol. The van der Waals surface area contributed by atoms with Crippen molar-refractivity contribution in [1.29, 1.82) is 0 Å². The Balaban J connectivity index is 2.02. The Morgan fingerprint density at radius 2 is 1.89 bits per heavy atom. The molecule has 5 nitrogen and oxygen atoms in total. The maximum Gasteiger partial charge on any atom is 0.229 e. The summed E-state index contributed by atoms with van der Waals surface area (Å²) in [4.78, 5) is 12.3. The summed E-state index contributed by atoms with van der Waals surface area (Å²) >= 11 is 5.85. The van der Waals surface area contributed by atoms with Crippen molar-refractivity contribution in [3.8, 4) is 12.3 Å². The average molecular weight is 266 g/mol. The molecule has 1 aromatic heterocycles. The minimum atomic E-state index is 0.169. The van der Waals surface area contributed by atoms with Crippen LogP contribution in [0.4, 0.5) is 11.9 Å². The van der Waals surface area contributed by atoms with E-state index in [4.69, 9.17) is 18.0 Å². The zero-order valence-corrected chi connectivity index (χ0v) is 10.9. The van der Waals surface area contributed by atoms with Gasteiger partial charge in [0.15, 0.2) is 0 Å². The van der Waals surface area contributed by atoms with E-state index >= 15 is 0 Å². The van der Waals surface area contributed by atoms with E-state index in [1.54, 1.807) is 0 Å². The second-order valence-corrected chi connectivity index (χ2v) is 4.63. The maximum absolute atomic E-state index is 5.85. The van der Waals surface area contributed by atoms with Crippen LogP contribution in [-0.2, 0) is 0 Å². The van der Waals surface area contributed by atoms with Gasteiger partial charge in [0, 0.05) is 6.04 Å². The number of hydrogen-bond donors (Lipinski definition) is 2. The molecule has 0 amide bonds. The van der Waals surface area contributed by atoms with Gasteiger partial charge in [0.1, 0.15) is 0 Å². The molecule has 0 atom stereocenters. The normalized spacial score (nSPS) is 16.0. The van der Waals surface area contributed by atoms with Crippen LogP contribution < -0.4 is 10.6 Å². The molecule has 1 aliphatic rings. The van der Waals surface area contributed by atoms with Crippen LogP contribution in [0.25, 0.3) is 0 Å². The second kappa shape index (κ2) is 6.41. The fourth-order valence-electron chi connectivity index (χ4n) is 2.05. The molecular weight excluding hydrogens is 250 g/mol. The van der Waals surface area contributed by atoms with Crippen molar-refractivity contribution in [2.24, 2.45) is 0 Å². The van der Waals surface area contributed by atoms with E-state index in [-0.39, 0.29) is 5.28 Å². The van der Waals surface area contributed by atoms with Crippen LogP contribution in [0.2, 0.25) is 5.28 Å². The van der Waals surface area contributed by atoms with E-state index in [2.05, 4.69) is 31.5 Å². The molecule has 2 N–H and O–H groups in total. The lowest BCUT2D eigenvalue weighted by atomic mass is 9.96. The zero-order valence-electron chi connectivity index (χ0n) is 10.1. The van der Waals surface area contributed by atoms with E-state index in [9.17, 15) is 0 Å². The van der Waals surface area contributed by atoms with Crippen molar-refractivity contribution in [2.45, 2.75) is 38.1 Å². The molecule has 1 aliphatic carbocycles. The van der Waals surface area contributed by atoms with Gasteiger partial charge in [0.25, 0.3) is 0 Å². The Hall–Kier alpha value is -1.54. The SMILES string of the molecule is C#CCNc1nc(Cl)nc(NC2CCCCC2)n1. The van der Waals surface area contributed by atoms with Crippen LogP contribution in [0, 0.1) is 12.3 Å². The van der Waals surface area contributed by atoms with Gasteiger partial charge in [-0.3, -0.25) is 0 Å². The first-order valence-corrected chi connectivity index (χ1v) is 6.51. The molecule has 0 spiro atoms. The standard InChI is InChI=1S/C12H16ClN5/c1-2-8-14-11-16-10(13)17-12(18-11)15-9-6-4-3-5-7-9/h1,9H,3-8H2,(H2,14,15,16,17,18). The zero-order chi connectivity index (χ0) is 12.8. The predicted octanol–water partition coefficient (Wildman–Crippen LogP) is 2.31. The highest BCUT2D eigenvalue weighted by Crippen LogP contribution is 2.20. The molecule has 96 valence electrons. The number of rotatable bonds is 4. The number of terminal acetylenes is 1. The third-order valence-electron chi connectivity index (χ3n) is 2.90. The van der Waals surface area contributed by atoms with Gasteiger partial charge in [0.2, 0.25) is 17.2 Å². The lowest BCUT2D eigenvalue weighted by molar-refractivity contribution is 0.461. The van der Waals surface area contributed by atoms with Gasteiger partial charge in [0.05, 0.1) is 6.54 Å². The molecule has 0 radical (unpaired) electrons. The summed E-state index contributed by atoms with van der Waals surface area (Å²) in [7, 11) is 0. The van der Waals surface area contributed by atoms with Crippen molar-refractivity contribution in [1.82, 2.24) is 15.0 Å². The van der Waals surface area contributed by atoms with Gasteiger partial charge in [-0.25, -0.2) is 0 Å². The van der Waals surface area contributed by atoms with E-state index < -0.39 is 0 Å². The van der Waals surface area contributed by atoms with Crippen LogP contribution in [0.15, 0.2) is 0 Å². The number of nitrogens with one attached hydrogen (secondary N) is 2. The fourth-order valence-corrected chi connectivity index (χ4v) is 2.21. The van der Waals surface area contributed by atoms with Crippen LogP contribution in [-0.4, -0.2) is 27.5 Å². The third-order valence-corrected chi connectivity index (χ3v) is 3.06. The Morgan fingerprint density at radius 3 is 2.61 bits per heavy atom. The summed E-state index contributed by atoms with van der Waals surface area (Å²) in [5.41, 5.74) is 0. The first-order chi connectivity index (χ1) is 8.78. The summed E-state index contributed by atoms with van der Waals surface area (Å²) in [5.74, 6) is 3.39. The Bertz CT molecular complexity index is 437. The molecule has 1 heterocycles. The molecule has 2 rings (SSSR count). The summed E-state index contributed by atoms with van der Waals surface area (Å²) < 4.78 is 0. The van der Waals surface area contributed by atoms with Gasteiger partial charge < -0.3 is 10.6 Å². The third kappa shape index (κ3) is 3.74. The van der Waals surface area contributed by atoms with Gasteiger partial charge in [-0.2, -0.15) is 15.0 Å². The minimum Gasteiger partial charge on any atom is -0.351 e. The molecule has 1 aromatic rings. The van der Waals surface area contributed by atoms with Crippen molar-refractivity contribution in [3.05, 3.63) is 5.28 Å². The molecular formula is C12H16ClN5. The van der Waals surface area contributed by atoms with Crippen LogP contribution in [0.5, 0.6) is 0 Å². The molecule has 0 saturated heterocycles. The lowest BCUT2D eigenvalue weighted by Gasteiger charge is -2.22. The lowest BCUT2D eigenvalue weighted by Crippen LogP contribution is -2.24. The Labute approximate surface area is 112 Å². The first kappa shape index (κ1) is 12.9. The van der Waals surface area contributed by atoms with Crippen LogP contribution in [0.1, 0.15) is 32.1 Å². The van der Waals surface area contributed by atoms with E-state index in [0.717, 1.165) is 12.8 Å². The van der Waals surface area contributed by atoms with Crippen LogP contribution >= 0.6 is 11.6 Å². The molecule has 6 heteroatoms. The molecule has 1 fully saturated rings. The first-order valence-electron chi connectivity index (χ1n) is 6.13. The largest absolute Gasteiger partial charge is 0.351 e. The van der Waals surface area contributed by atoms with Crippen molar-refractivity contribution >= 4 is 23.5 Å². The Morgan fingerprint density at radius 1 is 1.17 bits per heavy atom. The summed E-state index contributed by atoms with van der Waals surface area (Å²) in [6, 6.07) is 0.428. The smallest absolute Gasteiger partial charge is 0.229 e. The summed E-state index contributed by atoms with van der Waals surface area (Å²) in [6.45, 7) is 0.364. The maximum atomic E-state index is 5.85. The number of halogens is 1. The van der Waals surface area contributed by atoms with Gasteiger partial charge in [-0.1, -0.05) is 25.2 Å². The van der Waals surface area contributed by atoms with Crippen molar-refractivity contribution in [3.63, 3.8) is 0 Å². The highest BCUT2D eigenvalue weighted by molar-refractivity contribution is 6.28. The van der Waals surface area contributed by atoms with Crippen molar-refractivity contribution in [2.75, 3.05) is 17.2 Å². The topological polar surface area (TPSA) is 62.7 Å².